The molecular formula is C27H49N15O10. The number of aliphatic imine (C=N–C) groups is 2. The summed E-state index contributed by atoms with van der Waals surface area (Å²) in [5, 5.41) is 27.2. The van der Waals surface area contributed by atoms with Crippen LogP contribution in [-0.2, 0) is 43.2 Å². The SMILES string of the molecule is C[C@H](NC(=O)CNC(=O)CNC(=O)CNC(=O)[C@@H](N)CCCN=C(N)N)C(=O)NCC(=O)NCC(=O)NCC(=O)N[C@@H](CCCN=C(N)N)C(=O)O. The lowest BCUT2D eigenvalue weighted by atomic mass is 10.1. The number of rotatable bonds is 25. The average molecular weight is 744 g/mol. The summed E-state index contributed by atoms with van der Waals surface area (Å²) < 4.78 is 0. The smallest absolute Gasteiger partial charge is 0.326 e. The first kappa shape index (κ1) is 45.7. The van der Waals surface area contributed by atoms with Gasteiger partial charge in [0.15, 0.2) is 11.9 Å². The van der Waals surface area contributed by atoms with E-state index < -0.39 is 111 Å². The molecule has 25 nitrogen and oxygen atoms in total. The minimum Gasteiger partial charge on any atom is -0.480 e. The topological polar surface area (TPSA) is 425 Å². The summed E-state index contributed by atoms with van der Waals surface area (Å²) >= 11 is 0. The maximum absolute atomic E-state index is 12.2. The summed E-state index contributed by atoms with van der Waals surface area (Å²) in [5.41, 5.74) is 26.5. The zero-order chi connectivity index (χ0) is 39.6. The first-order chi connectivity index (χ1) is 24.4. The van der Waals surface area contributed by atoms with Gasteiger partial charge in [-0.25, -0.2) is 4.79 Å². The van der Waals surface area contributed by atoms with E-state index in [-0.39, 0.29) is 44.3 Å². The predicted molar refractivity (Wildman–Crippen MR) is 183 cm³/mol. The van der Waals surface area contributed by atoms with Gasteiger partial charge < -0.3 is 76.3 Å². The van der Waals surface area contributed by atoms with Crippen LogP contribution < -0.4 is 71.2 Å². The van der Waals surface area contributed by atoms with E-state index in [9.17, 15) is 48.3 Å². The van der Waals surface area contributed by atoms with Crippen molar-refractivity contribution in [3.63, 3.8) is 0 Å². The Kier molecular flexibility index (Phi) is 22.6. The molecule has 0 unspecified atom stereocenters. The van der Waals surface area contributed by atoms with Crippen LogP contribution in [0.1, 0.15) is 32.6 Å². The molecule has 0 spiro atoms. The van der Waals surface area contributed by atoms with E-state index in [1.165, 1.54) is 6.92 Å². The Morgan fingerprint density at radius 2 is 0.904 bits per heavy atom. The van der Waals surface area contributed by atoms with Gasteiger partial charge in [0.2, 0.25) is 47.3 Å². The van der Waals surface area contributed by atoms with Gasteiger partial charge in [0.05, 0.1) is 45.3 Å². The quantitative estimate of drug-likeness (QED) is 0.0234. The number of hydrogen-bond donors (Lipinski definition) is 14. The van der Waals surface area contributed by atoms with Crippen molar-refractivity contribution in [1.29, 1.82) is 0 Å². The van der Waals surface area contributed by atoms with Gasteiger partial charge in [0.1, 0.15) is 12.1 Å². The highest BCUT2D eigenvalue weighted by molar-refractivity contribution is 5.94. The molecular weight excluding hydrogens is 694 g/mol. The molecule has 19 N–H and O–H groups in total. The van der Waals surface area contributed by atoms with Gasteiger partial charge in [0.25, 0.3) is 0 Å². The van der Waals surface area contributed by atoms with Crippen LogP contribution in [-0.4, -0.2) is 141 Å². The molecule has 0 aliphatic carbocycles. The van der Waals surface area contributed by atoms with Crippen LogP contribution in [0.5, 0.6) is 0 Å². The first-order valence-electron chi connectivity index (χ1n) is 15.7. The molecule has 25 heteroatoms. The minimum absolute atomic E-state index is 0.0289. The molecule has 0 saturated heterocycles. The van der Waals surface area contributed by atoms with Crippen LogP contribution in [0.3, 0.4) is 0 Å². The van der Waals surface area contributed by atoms with Gasteiger partial charge in [-0.15, -0.1) is 0 Å². The molecule has 3 atom stereocenters. The third-order valence-corrected chi connectivity index (χ3v) is 6.28. The molecule has 0 bridgehead atoms. The molecule has 0 rings (SSSR count). The summed E-state index contributed by atoms with van der Waals surface area (Å²) in [4.78, 5) is 115. The van der Waals surface area contributed by atoms with Crippen LogP contribution >= 0.6 is 0 Å². The third-order valence-electron chi connectivity index (χ3n) is 6.28. The van der Waals surface area contributed by atoms with Crippen LogP contribution in [0.4, 0.5) is 0 Å². The second-order valence-electron chi connectivity index (χ2n) is 10.8. The van der Waals surface area contributed by atoms with Gasteiger partial charge >= 0.3 is 5.97 Å². The second kappa shape index (κ2) is 25.7. The number of nitrogens with zero attached hydrogens (tertiary/aromatic N) is 2. The van der Waals surface area contributed by atoms with Crippen LogP contribution in [0.15, 0.2) is 9.98 Å². The summed E-state index contributed by atoms with van der Waals surface area (Å²) in [6.45, 7) is -1.50. The average Bonchev–Trinajstić information content (AvgIpc) is 3.08. The molecule has 0 fully saturated rings. The number of amides is 8. The molecule has 0 aliphatic heterocycles. The van der Waals surface area contributed by atoms with E-state index in [0.29, 0.717) is 6.42 Å². The number of carboxylic acid groups (broad SMARTS) is 1. The molecule has 0 aliphatic rings. The lowest BCUT2D eigenvalue weighted by molar-refractivity contribution is -0.142. The van der Waals surface area contributed by atoms with Crippen LogP contribution in [0.2, 0.25) is 0 Å². The number of aliphatic carboxylic acids is 1. The van der Waals surface area contributed by atoms with Gasteiger partial charge in [-0.2, -0.15) is 0 Å². The Morgan fingerprint density at radius 1 is 0.538 bits per heavy atom. The summed E-state index contributed by atoms with van der Waals surface area (Å²) in [6.07, 6.45) is 1.00. The van der Waals surface area contributed by atoms with E-state index in [2.05, 4.69) is 52.5 Å². The first-order valence-corrected chi connectivity index (χ1v) is 15.7. The highest BCUT2D eigenvalue weighted by atomic mass is 16.4. The molecule has 0 radical (unpaired) electrons. The maximum atomic E-state index is 12.2. The largest absolute Gasteiger partial charge is 0.480 e. The lowest BCUT2D eigenvalue weighted by Gasteiger charge is -2.15. The second-order valence-corrected chi connectivity index (χ2v) is 10.8. The Balaban J connectivity index is 4.24. The van der Waals surface area contributed by atoms with Crippen molar-refractivity contribution in [3.8, 4) is 0 Å². The molecule has 0 heterocycles. The number of guanidine groups is 2. The summed E-state index contributed by atoms with van der Waals surface area (Å²) in [6, 6.07) is -3.28. The van der Waals surface area contributed by atoms with E-state index in [1.54, 1.807) is 0 Å². The van der Waals surface area contributed by atoms with Crippen molar-refractivity contribution in [2.45, 2.75) is 50.7 Å². The fourth-order valence-corrected chi connectivity index (χ4v) is 3.60. The Morgan fingerprint density at radius 3 is 1.33 bits per heavy atom. The fourth-order valence-electron chi connectivity index (χ4n) is 3.60. The Bertz CT molecular complexity index is 1330. The highest BCUT2D eigenvalue weighted by Gasteiger charge is 2.21. The zero-order valence-corrected chi connectivity index (χ0v) is 28.6. The number of nitrogens with two attached hydrogens (primary N) is 5. The van der Waals surface area contributed by atoms with Crippen molar-refractivity contribution in [3.05, 3.63) is 0 Å². The maximum Gasteiger partial charge on any atom is 0.326 e. The Hall–Kier alpha value is -6.27. The summed E-state index contributed by atoms with van der Waals surface area (Å²) in [5.74, 6) is -7.48. The zero-order valence-electron chi connectivity index (χ0n) is 28.6. The molecule has 292 valence electrons. The van der Waals surface area contributed by atoms with Gasteiger partial charge in [-0.05, 0) is 32.6 Å². The standard InChI is InChI=1S/C27H49N15O10/c1-14(41-21(47)12-37-17(43)8-36-20(46)11-40-24(50)15(28)4-2-6-33-26(29)30)23(49)39-10-19(45)35-9-18(44)38-13-22(48)42-16(25(51)52)5-3-7-34-27(31)32/h14-16H,2-13,28H2,1H3,(H,35,45)(H,36,46)(H,37,43)(H,38,44)(H,39,49)(H,40,50)(H,41,47)(H,42,48)(H,51,52)(H4,29,30,33)(H4,31,32,34)/t14-,15-,16-/m0/s1. The molecule has 8 amide bonds. The monoisotopic (exact) mass is 743 g/mol. The third kappa shape index (κ3) is 24.0. The lowest BCUT2D eigenvalue weighted by Crippen LogP contribution is -2.51. The fraction of sp³-hybridized carbons (Fsp3) is 0.593. The van der Waals surface area contributed by atoms with Gasteiger partial charge in [-0.1, -0.05) is 0 Å². The highest BCUT2D eigenvalue weighted by Crippen LogP contribution is 1.98. The molecule has 0 aromatic rings. The van der Waals surface area contributed by atoms with Crippen molar-refractivity contribution < 1.29 is 48.3 Å². The minimum atomic E-state index is -1.30. The van der Waals surface area contributed by atoms with E-state index in [4.69, 9.17) is 28.7 Å². The predicted octanol–water partition coefficient (Wildman–Crippen LogP) is -8.81. The van der Waals surface area contributed by atoms with Gasteiger partial charge in [0, 0.05) is 13.1 Å². The normalized spacial score (nSPS) is 11.9. The number of carboxylic acids is 1. The van der Waals surface area contributed by atoms with E-state index >= 15 is 0 Å². The molecule has 0 aromatic carbocycles. The van der Waals surface area contributed by atoms with Gasteiger partial charge in [-0.3, -0.25) is 48.3 Å². The van der Waals surface area contributed by atoms with E-state index in [1.807, 2.05) is 0 Å². The molecule has 52 heavy (non-hydrogen) atoms. The van der Waals surface area contributed by atoms with Crippen molar-refractivity contribution in [1.82, 2.24) is 42.5 Å². The van der Waals surface area contributed by atoms with Crippen LogP contribution in [0, 0.1) is 0 Å². The number of hydrogen-bond acceptors (Lipinski definition) is 12. The number of carbonyl (C=O) groups is 9. The number of nitrogens with one attached hydrogen (secondary N) is 8. The van der Waals surface area contributed by atoms with Crippen molar-refractivity contribution in [2.24, 2.45) is 38.7 Å². The molecule has 0 aromatic heterocycles. The van der Waals surface area contributed by atoms with Crippen molar-refractivity contribution in [2.75, 3.05) is 52.4 Å². The van der Waals surface area contributed by atoms with E-state index in [0.717, 1.165) is 0 Å². The molecule has 0 saturated carbocycles. The Labute approximate surface area is 297 Å². The van der Waals surface area contributed by atoms with Crippen molar-refractivity contribution >= 4 is 65.1 Å². The summed E-state index contributed by atoms with van der Waals surface area (Å²) in [7, 11) is 0. The number of carbonyl (C=O) groups excluding carboxylic acids is 8. The van der Waals surface area contributed by atoms with Crippen LogP contribution in [0.25, 0.3) is 0 Å².